The zero-order valence-corrected chi connectivity index (χ0v) is 21.0. The van der Waals surface area contributed by atoms with E-state index in [9.17, 15) is 4.79 Å². The number of para-hydroxylation sites is 1. The SMILES string of the molecule is COc1ccc2[nH]c(C(=O)N3CCCC[C@H]3CCN3CCC(c4coc5ccccc45)CC3)cc2c1. The van der Waals surface area contributed by atoms with Gasteiger partial charge in [0.05, 0.1) is 13.4 Å². The fourth-order valence-corrected chi connectivity index (χ4v) is 6.19. The number of ether oxygens (including phenoxy) is 1. The highest BCUT2D eigenvalue weighted by atomic mass is 16.5. The van der Waals surface area contributed by atoms with E-state index in [0.29, 0.717) is 17.7 Å². The Balaban J connectivity index is 1.07. The first-order valence-electron chi connectivity index (χ1n) is 13.4. The van der Waals surface area contributed by atoms with Gasteiger partial charge in [0.1, 0.15) is 17.0 Å². The summed E-state index contributed by atoms with van der Waals surface area (Å²) < 4.78 is 11.1. The second kappa shape index (κ2) is 10.0. The van der Waals surface area contributed by atoms with Crippen molar-refractivity contribution in [2.45, 2.75) is 50.5 Å². The minimum atomic E-state index is 0.125. The number of hydrogen-bond donors (Lipinski definition) is 1. The van der Waals surface area contributed by atoms with Crippen molar-refractivity contribution < 1.29 is 13.9 Å². The third kappa shape index (κ3) is 4.50. The van der Waals surface area contributed by atoms with Gasteiger partial charge in [-0.15, -0.1) is 0 Å². The number of hydrogen-bond acceptors (Lipinski definition) is 4. The smallest absolute Gasteiger partial charge is 0.270 e. The summed E-state index contributed by atoms with van der Waals surface area (Å²) in [5, 5.41) is 2.28. The topological polar surface area (TPSA) is 61.7 Å². The molecule has 1 atom stereocenters. The average molecular weight is 486 g/mol. The fourth-order valence-electron chi connectivity index (χ4n) is 6.19. The number of methoxy groups -OCH3 is 1. The number of amides is 1. The van der Waals surface area contributed by atoms with Gasteiger partial charge in [-0.3, -0.25) is 4.79 Å². The van der Waals surface area contributed by atoms with E-state index in [1.807, 2.05) is 36.6 Å². The number of benzene rings is 2. The van der Waals surface area contributed by atoms with Crippen LogP contribution in [0, 0.1) is 0 Å². The van der Waals surface area contributed by atoms with Crippen LogP contribution in [0.1, 0.15) is 60.5 Å². The van der Waals surface area contributed by atoms with Crippen LogP contribution in [0.5, 0.6) is 5.75 Å². The molecule has 36 heavy (non-hydrogen) atoms. The number of carbonyl (C=O) groups is 1. The number of piperidine rings is 2. The van der Waals surface area contributed by atoms with Crippen LogP contribution < -0.4 is 4.74 Å². The van der Waals surface area contributed by atoms with Crippen LogP contribution in [-0.2, 0) is 0 Å². The van der Waals surface area contributed by atoms with E-state index in [1.54, 1.807) is 7.11 Å². The van der Waals surface area contributed by atoms with Gasteiger partial charge in [0.2, 0.25) is 0 Å². The van der Waals surface area contributed by atoms with Crippen LogP contribution in [0.3, 0.4) is 0 Å². The zero-order valence-electron chi connectivity index (χ0n) is 21.0. The van der Waals surface area contributed by atoms with E-state index < -0.39 is 0 Å². The quantitative estimate of drug-likeness (QED) is 0.354. The first-order chi connectivity index (χ1) is 17.7. The van der Waals surface area contributed by atoms with E-state index in [4.69, 9.17) is 9.15 Å². The number of rotatable bonds is 6. The maximum atomic E-state index is 13.5. The van der Waals surface area contributed by atoms with Gasteiger partial charge in [-0.1, -0.05) is 18.2 Å². The summed E-state index contributed by atoms with van der Waals surface area (Å²) in [5.41, 5.74) is 4.01. The molecular formula is C30H35N3O3. The Kier molecular flexibility index (Phi) is 6.45. The van der Waals surface area contributed by atoms with Crippen molar-refractivity contribution in [1.82, 2.24) is 14.8 Å². The van der Waals surface area contributed by atoms with Gasteiger partial charge in [0.15, 0.2) is 0 Å². The van der Waals surface area contributed by atoms with Gasteiger partial charge >= 0.3 is 0 Å². The Morgan fingerprint density at radius 1 is 1.06 bits per heavy atom. The number of H-pyrrole nitrogens is 1. The van der Waals surface area contributed by atoms with Crippen LogP contribution in [-0.4, -0.2) is 60.0 Å². The van der Waals surface area contributed by atoms with Gasteiger partial charge in [-0.05, 0) is 87.9 Å². The van der Waals surface area contributed by atoms with Crippen molar-refractivity contribution in [3.63, 3.8) is 0 Å². The molecule has 4 aromatic rings. The van der Waals surface area contributed by atoms with Gasteiger partial charge in [0, 0.05) is 41.0 Å². The maximum absolute atomic E-state index is 13.5. The summed E-state index contributed by atoms with van der Waals surface area (Å²) >= 11 is 0. The lowest BCUT2D eigenvalue weighted by Crippen LogP contribution is -2.46. The Morgan fingerprint density at radius 3 is 2.78 bits per heavy atom. The fraction of sp³-hybridized carbons (Fsp3) is 0.433. The molecule has 6 rings (SSSR count). The minimum absolute atomic E-state index is 0.125. The van der Waals surface area contributed by atoms with E-state index in [2.05, 4.69) is 33.0 Å². The van der Waals surface area contributed by atoms with E-state index in [-0.39, 0.29) is 5.91 Å². The van der Waals surface area contributed by atoms with E-state index in [1.165, 1.54) is 17.4 Å². The average Bonchev–Trinajstić information content (AvgIpc) is 3.56. The molecule has 0 aliphatic carbocycles. The Labute approximate surface area is 212 Å². The summed E-state index contributed by atoms with van der Waals surface area (Å²) in [5.74, 6) is 1.50. The van der Waals surface area contributed by atoms with Crippen molar-refractivity contribution >= 4 is 27.8 Å². The molecule has 1 N–H and O–H groups in total. The lowest BCUT2D eigenvalue weighted by molar-refractivity contribution is 0.0573. The number of nitrogens with one attached hydrogen (secondary N) is 1. The zero-order chi connectivity index (χ0) is 24.5. The van der Waals surface area contributed by atoms with Gasteiger partial charge < -0.3 is 23.9 Å². The predicted molar refractivity (Wildman–Crippen MR) is 143 cm³/mol. The van der Waals surface area contributed by atoms with Gasteiger partial charge in [-0.2, -0.15) is 0 Å². The van der Waals surface area contributed by atoms with Crippen LogP contribution in [0.2, 0.25) is 0 Å². The van der Waals surface area contributed by atoms with Crippen molar-refractivity contribution in [3.05, 3.63) is 66.1 Å². The number of likely N-dealkylation sites (tertiary alicyclic amines) is 2. The predicted octanol–water partition coefficient (Wildman–Crippen LogP) is 6.19. The second-order valence-electron chi connectivity index (χ2n) is 10.4. The summed E-state index contributed by atoms with van der Waals surface area (Å²) in [6.07, 6.45) is 8.71. The summed E-state index contributed by atoms with van der Waals surface area (Å²) in [6, 6.07) is 16.5. The van der Waals surface area contributed by atoms with E-state index >= 15 is 0 Å². The van der Waals surface area contributed by atoms with Gasteiger partial charge in [-0.25, -0.2) is 0 Å². The van der Waals surface area contributed by atoms with Crippen LogP contribution in [0.25, 0.3) is 21.9 Å². The molecule has 2 aliphatic heterocycles. The molecule has 2 aliphatic rings. The molecule has 2 aromatic heterocycles. The van der Waals surface area contributed by atoms with Crippen LogP contribution in [0.4, 0.5) is 0 Å². The molecule has 1 amide bonds. The van der Waals surface area contributed by atoms with E-state index in [0.717, 1.165) is 80.5 Å². The number of furan rings is 1. The lowest BCUT2D eigenvalue weighted by Gasteiger charge is -2.38. The Hall–Kier alpha value is -3.25. The Bertz CT molecular complexity index is 1350. The molecule has 0 spiro atoms. The van der Waals surface area contributed by atoms with Gasteiger partial charge in [0.25, 0.3) is 5.91 Å². The molecule has 188 valence electrons. The Morgan fingerprint density at radius 2 is 1.92 bits per heavy atom. The van der Waals surface area contributed by atoms with Crippen LogP contribution in [0.15, 0.2) is 59.2 Å². The molecule has 2 aromatic carbocycles. The highest BCUT2D eigenvalue weighted by Gasteiger charge is 2.30. The molecular weight excluding hydrogens is 450 g/mol. The number of aromatic nitrogens is 1. The molecule has 6 heteroatoms. The van der Waals surface area contributed by atoms with Crippen LogP contribution >= 0.6 is 0 Å². The lowest BCUT2D eigenvalue weighted by atomic mass is 9.89. The number of aromatic amines is 1. The molecule has 0 radical (unpaired) electrons. The van der Waals surface area contributed by atoms with Crippen molar-refractivity contribution in [2.24, 2.45) is 0 Å². The molecule has 0 bridgehead atoms. The van der Waals surface area contributed by atoms with Crippen molar-refractivity contribution in [2.75, 3.05) is 33.3 Å². The first kappa shape index (κ1) is 23.2. The molecule has 4 heterocycles. The molecule has 0 unspecified atom stereocenters. The minimum Gasteiger partial charge on any atom is -0.497 e. The molecule has 2 saturated heterocycles. The second-order valence-corrected chi connectivity index (χ2v) is 10.4. The molecule has 0 saturated carbocycles. The number of nitrogens with zero attached hydrogens (tertiary/aromatic N) is 2. The summed E-state index contributed by atoms with van der Waals surface area (Å²) in [6.45, 7) is 4.11. The number of fused-ring (bicyclic) bond motifs is 2. The molecule has 6 nitrogen and oxygen atoms in total. The highest BCUT2D eigenvalue weighted by molar-refractivity contribution is 5.98. The molecule has 2 fully saturated rings. The maximum Gasteiger partial charge on any atom is 0.270 e. The third-order valence-corrected chi connectivity index (χ3v) is 8.26. The van der Waals surface area contributed by atoms with Crippen molar-refractivity contribution in [3.8, 4) is 5.75 Å². The number of carbonyl (C=O) groups excluding carboxylic acids is 1. The largest absolute Gasteiger partial charge is 0.497 e. The normalized spacial score (nSPS) is 19.8. The monoisotopic (exact) mass is 485 g/mol. The highest BCUT2D eigenvalue weighted by Crippen LogP contribution is 2.34. The third-order valence-electron chi connectivity index (χ3n) is 8.26. The van der Waals surface area contributed by atoms with Crippen molar-refractivity contribution in [1.29, 1.82) is 0 Å². The first-order valence-corrected chi connectivity index (χ1v) is 13.4. The summed E-state index contributed by atoms with van der Waals surface area (Å²) in [4.78, 5) is 21.6. The summed E-state index contributed by atoms with van der Waals surface area (Å²) in [7, 11) is 1.67. The standard InChI is InChI=1S/C30H35N3O3/c1-35-24-9-10-27-22(18-24)19-28(31-27)30(34)33-14-5-4-6-23(33)13-17-32-15-11-21(12-16-32)26-20-36-29-8-3-2-7-25(26)29/h2-3,7-10,18-21,23,31H,4-6,11-17H2,1H3/t23-/m0/s1.